The normalized spacial score (nSPS) is 18.1. The van der Waals surface area contributed by atoms with Crippen molar-refractivity contribution in [1.29, 1.82) is 0 Å². The Hall–Kier alpha value is -2.42. The summed E-state index contributed by atoms with van der Waals surface area (Å²) < 4.78 is 40.1. The summed E-state index contributed by atoms with van der Waals surface area (Å²) in [5.74, 6) is 5.43. The predicted molar refractivity (Wildman–Crippen MR) is 104 cm³/mol. The molecule has 1 aliphatic rings. The van der Waals surface area contributed by atoms with E-state index in [0.717, 1.165) is 11.6 Å². The minimum absolute atomic E-state index is 0.0991. The van der Waals surface area contributed by atoms with Gasteiger partial charge in [0, 0.05) is 16.7 Å². The van der Waals surface area contributed by atoms with Crippen LogP contribution in [-0.4, -0.2) is 18.3 Å². The maximum absolute atomic E-state index is 14.7. The Labute approximate surface area is 159 Å². The second-order valence-electron chi connectivity index (χ2n) is 7.47. The topological polar surface area (TPSA) is 18.5 Å². The fourth-order valence-corrected chi connectivity index (χ4v) is 2.57. The monoisotopic (exact) mass is 366 g/mol. The fourth-order valence-electron chi connectivity index (χ4n) is 2.57. The van der Waals surface area contributed by atoms with E-state index in [1.807, 2.05) is 58.0 Å². The highest BCUT2D eigenvalue weighted by Crippen LogP contribution is 2.39. The molecular formula is C22H21BF2O2. The van der Waals surface area contributed by atoms with Crippen molar-refractivity contribution < 1.29 is 18.1 Å². The van der Waals surface area contributed by atoms with E-state index in [2.05, 4.69) is 11.8 Å². The lowest BCUT2D eigenvalue weighted by Gasteiger charge is -2.32. The van der Waals surface area contributed by atoms with Gasteiger partial charge < -0.3 is 9.31 Å². The molecule has 0 amide bonds. The molecule has 0 aliphatic carbocycles. The molecule has 1 aliphatic heterocycles. The van der Waals surface area contributed by atoms with Gasteiger partial charge in [-0.25, -0.2) is 8.78 Å². The third kappa shape index (κ3) is 4.29. The Morgan fingerprint density at radius 2 is 1.52 bits per heavy atom. The van der Waals surface area contributed by atoms with Gasteiger partial charge in [0.05, 0.1) is 11.2 Å². The molecule has 0 bridgehead atoms. The lowest BCUT2D eigenvalue weighted by Crippen LogP contribution is -2.41. The van der Waals surface area contributed by atoms with Gasteiger partial charge >= 0.3 is 7.12 Å². The van der Waals surface area contributed by atoms with Gasteiger partial charge in [0.2, 0.25) is 0 Å². The maximum atomic E-state index is 14.7. The molecule has 2 nitrogen and oxygen atoms in total. The van der Waals surface area contributed by atoms with Crippen LogP contribution in [0.25, 0.3) is 6.08 Å². The average molecular weight is 366 g/mol. The highest BCUT2D eigenvalue weighted by atomic mass is 19.1. The van der Waals surface area contributed by atoms with Crippen molar-refractivity contribution in [3.8, 4) is 11.8 Å². The first-order chi connectivity index (χ1) is 12.7. The Morgan fingerprint density at radius 3 is 2.15 bits per heavy atom. The molecular weight excluding hydrogens is 345 g/mol. The lowest BCUT2D eigenvalue weighted by atomic mass is 9.86. The van der Waals surface area contributed by atoms with Crippen LogP contribution in [0.5, 0.6) is 0 Å². The third-order valence-electron chi connectivity index (χ3n) is 4.89. The molecule has 3 rings (SSSR count). The van der Waals surface area contributed by atoms with E-state index in [9.17, 15) is 8.78 Å². The van der Waals surface area contributed by atoms with Gasteiger partial charge in [0.15, 0.2) is 0 Å². The van der Waals surface area contributed by atoms with Crippen LogP contribution in [0.3, 0.4) is 0 Å². The molecule has 0 N–H and O–H groups in total. The van der Waals surface area contributed by atoms with Crippen LogP contribution in [0, 0.1) is 17.7 Å². The minimum Gasteiger partial charge on any atom is -0.398 e. The number of benzene rings is 2. The fraction of sp³-hybridized carbons (Fsp3) is 0.273. The number of hydrogen-bond donors (Lipinski definition) is 0. The van der Waals surface area contributed by atoms with Crippen LogP contribution in [0.15, 0.2) is 54.3 Å². The van der Waals surface area contributed by atoms with Crippen LogP contribution < -0.4 is 0 Å². The van der Waals surface area contributed by atoms with Crippen LogP contribution in [-0.2, 0) is 9.31 Å². The largest absolute Gasteiger partial charge is 0.525 e. The summed E-state index contributed by atoms with van der Waals surface area (Å²) in [7, 11) is -1.16. The van der Waals surface area contributed by atoms with Gasteiger partial charge in [0.25, 0.3) is 0 Å². The molecule has 0 saturated carbocycles. The van der Waals surface area contributed by atoms with E-state index in [4.69, 9.17) is 9.31 Å². The molecule has 1 saturated heterocycles. The van der Waals surface area contributed by atoms with Crippen LogP contribution >= 0.6 is 0 Å². The highest BCUT2D eigenvalue weighted by molar-refractivity contribution is 6.54. The molecule has 1 fully saturated rings. The molecule has 2 aromatic rings. The molecule has 1 heterocycles. The zero-order valence-electron chi connectivity index (χ0n) is 15.8. The van der Waals surface area contributed by atoms with Crippen molar-refractivity contribution in [2.24, 2.45) is 0 Å². The molecule has 27 heavy (non-hydrogen) atoms. The summed E-state index contributed by atoms with van der Waals surface area (Å²) in [5.41, 5.74) is -0.465. The smallest absolute Gasteiger partial charge is 0.398 e. The molecule has 2 aromatic carbocycles. The molecule has 5 heteroatoms. The first-order valence-corrected chi connectivity index (χ1v) is 8.77. The van der Waals surface area contributed by atoms with E-state index < -0.39 is 29.9 Å². The SMILES string of the molecule is CC1(C)OB(C(F)=Cc2cc(C#Cc3ccccc3)ccc2F)OC1(C)C. The molecule has 138 valence electrons. The summed E-state index contributed by atoms with van der Waals surface area (Å²) >= 11 is 0. The number of hydrogen-bond acceptors (Lipinski definition) is 2. The summed E-state index contributed by atoms with van der Waals surface area (Å²) in [6.45, 7) is 7.34. The molecule has 0 unspecified atom stereocenters. The Kier molecular flexibility index (Phi) is 5.23. The predicted octanol–water partition coefficient (Wildman–Crippen LogP) is 5.17. The Balaban J connectivity index is 1.85. The molecule has 0 radical (unpaired) electrons. The number of rotatable bonds is 2. The summed E-state index contributed by atoms with van der Waals surface area (Å²) in [6.07, 6.45) is 1.10. The minimum atomic E-state index is -1.16. The Morgan fingerprint density at radius 1 is 0.926 bits per heavy atom. The third-order valence-corrected chi connectivity index (χ3v) is 4.89. The van der Waals surface area contributed by atoms with Gasteiger partial charge in [-0.2, -0.15) is 0 Å². The van der Waals surface area contributed by atoms with Crippen molar-refractivity contribution in [2.75, 3.05) is 0 Å². The van der Waals surface area contributed by atoms with E-state index >= 15 is 0 Å². The molecule has 0 spiro atoms. The first kappa shape index (κ1) is 19.3. The van der Waals surface area contributed by atoms with E-state index in [-0.39, 0.29) is 5.56 Å². The second kappa shape index (κ2) is 7.30. The van der Waals surface area contributed by atoms with Crippen molar-refractivity contribution in [3.63, 3.8) is 0 Å². The quantitative estimate of drug-likeness (QED) is 0.540. The standard InChI is InChI=1S/C22H21BF2O2/c1-21(2)22(3,4)27-23(26-21)20(25)15-18-14-17(12-13-19(18)24)11-10-16-8-6-5-7-9-16/h5-9,12-15H,1-4H3. The lowest BCUT2D eigenvalue weighted by molar-refractivity contribution is 0.00578. The van der Waals surface area contributed by atoms with E-state index in [1.54, 1.807) is 6.07 Å². The first-order valence-electron chi connectivity index (χ1n) is 8.77. The molecule has 0 aromatic heterocycles. The van der Waals surface area contributed by atoms with Crippen LogP contribution in [0.1, 0.15) is 44.4 Å². The van der Waals surface area contributed by atoms with Gasteiger partial charge in [0.1, 0.15) is 11.5 Å². The maximum Gasteiger partial charge on any atom is 0.525 e. The molecule has 0 atom stereocenters. The summed E-state index contributed by atoms with van der Waals surface area (Å²) in [4.78, 5) is 0. The van der Waals surface area contributed by atoms with Crippen molar-refractivity contribution in [2.45, 2.75) is 38.9 Å². The van der Waals surface area contributed by atoms with Crippen LogP contribution in [0.4, 0.5) is 8.78 Å². The van der Waals surface area contributed by atoms with Gasteiger partial charge in [-0.1, -0.05) is 30.0 Å². The summed E-state index contributed by atoms with van der Waals surface area (Å²) in [6, 6.07) is 13.8. The van der Waals surface area contributed by atoms with Gasteiger partial charge in [-0.3, -0.25) is 0 Å². The zero-order valence-corrected chi connectivity index (χ0v) is 15.8. The summed E-state index contributed by atoms with van der Waals surface area (Å²) in [5, 5.41) is 0. The second-order valence-corrected chi connectivity index (χ2v) is 7.47. The Bertz CT molecular complexity index is 908. The van der Waals surface area contributed by atoms with Crippen molar-refractivity contribution in [1.82, 2.24) is 0 Å². The van der Waals surface area contributed by atoms with Crippen LogP contribution in [0.2, 0.25) is 0 Å². The van der Waals surface area contributed by atoms with E-state index in [0.29, 0.717) is 5.56 Å². The van der Waals surface area contributed by atoms with Crippen molar-refractivity contribution in [3.05, 3.63) is 76.8 Å². The van der Waals surface area contributed by atoms with E-state index in [1.165, 1.54) is 12.1 Å². The van der Waals surface area contributed by atoms with Gasteiger partial charge in [-0.05, 0) is 64.1 Å². The van der Waals surface area contributed by atoms with Crippen molar-refractivity contribution >= 4 is 13.2 Å². The van der Waals surface area contributed by atoms with Gasteiger partial charge in [-0.15, -0.1) is 0 Å². The highest BCUT2D eigenvalue weighted by Gasteiger charge is 2.53. The average Bonchev–Trinajstić information content (AvgIpc) is 2.84. The number of halogens is 2. The zero-order chi connectivity index (χ0) is 19.7.